The van der Waals surface area contributed by atoms with Crippen LogP contribution in [0.2, 0.25) is 0 Å². The Labute approximate surface area is 219 Å². The van der Waals surface area contributed by atoms with E-state index in [9.17, 15) is 14.0 Å². The summed E-state index contributed by atoms with van der Waals surface area (Å²) in [4.78, 5) is 27.4. The third-order valence-electron chi connectivity index (χ3n) is 8.06. The first-order valence-corrected chi connectivity index (χ1v) is 13.9. The first-order valence-electron chi connectivity index (χ1n) is 13.9. The molecule has 8 heteroatoms. The van der Waals surface area contributed by atoms with Crippen molar-refractivity contribution < 1.29 is 13.9 Å². The molecule has 3 N–H and O–H groups in total. The number of methoxy groups -OCH3 is 1. The molecule has 37 heavy (non-hydrogen) atoms. The van der Waals surface area contributed by atoms with Crippen LogP contribution in [0.25, 0.3) is 0 Å². The van der Waals surface area contributed by atoms with Gasteiger partial charge in [-0.25, -0.2) is 4.39 Å². The highest BCUT2D eigenvalue weighted by atomic mass is 19.1. The zero-order valence-corrected chi connectivity index (χ0v) is 22.1. The van der Waals surface area contributed by atoms with E-state index in [1.807, 2.05) is 11.0 Å². The second-order valence-corrected chi connectivity index (χ2v) is 10.7. The van der Waals surface area contributed by atoms with E-state index >= 15 is 0 Å². The summed E-state index contributed by atoms with van der Waals surface area (Å²) in [6.07, 6.45) is 9.07. The molecule has 0 amide bonds. The molecule has 7 nitrogen and oxygen atoms in total. The van der Waals surface area contributed by atoms with E-state index in [-0.39, 0.29) is 17.8 Å². The molecule has 1 saturated heterocycles. The minimum atomic E-state index is -0.458. The number of ether oxygens (including phenoxy) is 2. The lowest BCUT2D eigenvalue weighted by Crippen LogP contribution is -2.49. The van der Waals surface area contributed by atoms with Gasteiger partial charge in [0.1, 0.15) is 17.2 Å². The normalized spacial score (nSPS) is 20.7. The first kappa shape index (κ1) is 27.7. The van der Waals surface area contributed by atoms with Gasteiger partial charge in [-0.1, -0.05) is 50.3 Å². The van der Waals surface area contributed by atoms with Crippen molar-refractivity contribution in [2.24, 2.45) is 17.6 Å². The van der Waals surface area contributed by atoms with Crippen LogP contribution in [-0.2, 0) is 9.47 Å². The molecule has 0 aromatic heterocycles. The highest BCUT2D eigenvalue weighted by molar-refractivity contribution is 5.75. The molecule has 0 radical (unpaired) electrons. The average molecular weight is 516 g/mol. The molecule has 204 valence electrons. The van der Waals surface area contributed by atoms with Gasteiger partial charge >= 0.3 is 0 Å². The summed E-state index contributed by atoms with van der Waals surface area (Å²) in [7, 11) is 1.65. The van der Waals surface area contributed by atoms with Gasteiger partial charge in [-0.2, -0.15) is 0 Å². The smallest absolute Gasteiger partial charge is 0.253 e. The number of anilines is 2. The number of hydrogen-bond acceptors (Lipinski definition) is 7. The largest absolute Gasteiger partial charge is 0.385 e. The van der Waals surface area contributed by atoms with Gasteiger partial charge in [0.2, 0.25) is 0 Å². The molecule has 4 rings (SSSR count). The van der Waals surface area contributed by atoms with Gasteiger partial charge in [0, 0.05) is 57.5 Å². The molecule has 0 spiro atoms. The van der Waals surface area contributed by atoms with Gasteiger partial charge in [0.25, 0.3) is 10.9 Å². The van der Waals surface area contributed by atoms with Crippen LogP contribution < -0.4 is 26.8 Å². The van der Waals surface area contributed by atoms with Crippen LogP contribution in [-0.4, -0.2) is 46.0 Å². The zero-order valence-electron chi connectivity index (χ0n) is 22.1. The third-order valence-corrected chi connectivity index (χ3v) is 8.06. The van der Waals surface area contributed by atoms with Gasteiger partial charge in [-0.05, 0) is 37.7 Å². The molecular weight excluding hydrogens is 473 g/mol. The van der Waals surface area contributed by atoms with Crippen molar-refractivity contribution in [1.82, 2.24) is 0 Å². The summed E-state index contributed by atoms with van der Waals surface area (Å²) < 4.78 is 26.2. The van der Waals surface area contributed by atoms with Crippen LogP contribution in [0.1, 0.15) is 69.5 Å². The number of rotatable bonds is 13. The monoisotopic (exact) mass is 515 g/mol. The number of halogens is 1. The standard InChI is InChI=1S/C29H42FN3O4/c1-36-15-8-16-37-29(23-12-5-6-13-24(23)30)21-11-7-14-33(19-21)26-25(27(34)28(26)35)32-22(18-31)17-20-9-3-2-4-10-20/h5-6,12-13,20-22,29,32H,2-4,7-11,14-19,31H2,1H3/t21?,22?,29-/m1/s1. The second-order valence-electron chi connectivity index (χ2n) is 10.7. The summed E-state index contributed by atoms with van der Waals surface area (Å²) in [5.41, 5.74) is 6.57. The summed E-state index contributed by atoms with van der Waals surface area (Å²) in [5.74, 6) is 0.306. The molecule has 2 aliphatic rings. The molecule has 3 atom stereocenters. The van der Waals surface area contributed by atoms with Gasteiger partial charge in [-0.15, -0.1) is 0 Å². The first-order chi connectivity index (χ1) is 18.0. The Morgan fingerprint density at radius 2 is 1.86 bits per heavy atom. The number of piperidine rings is 1. The fourth-order valence-electron chi connectivity index (χ4n) is 6.12. The molecule has 2 aromatic rings. The van der Waals surface area contributed by atoms with E-state index in [0.29, 0.717) is 62.1 Å². The van der Waals surface area contributed by atoms with Crippen molar-refractivity contribution in [1.29, 1.82) is 0 Å². The minimum absolute atomic E-state index is 0.0157. The highest BCUT2D eigenvalue weighted by Gasteiger charge is 2.35. The highest BCUT2D eigenvalue weighted by Crippen LogP contribution is 2.37. The quantitative estimate of drug-likeness (QED) is 0.306. The maximum absolute atomic E-state index is 14.8. The van der Waals surface area contributed by atoms with Crippen molar-refractivity contribution in [2.75, 3.05) is 50.2 Å². The lowest BCUT2D eigenvalue weighted by atomic mass is 9.84. The Morgan fingerprint density at radius 3 is 2.59 bits per heavy atom. The zero-order chi connectivity index (χ0) is 26.2. The summed E-state index contributed by atoms with van der Waals surface area (Å²) >= 11 is 0. The Bertz CT molecular complexity index is 1060. The van der Waals surface area contributed by atoms with E-state index in [2.05, 4.69) is 5.32 Å². The van der Waals surface area contributed by atoms with Gasteiger partial charge < -0.3 is 25.4 Å². The van der Waals surface area contributed by atoms with Gasteiger partial charge in [-0.3, -0.25) is 9.59 Å². The molecule has 2 unspecified atom stereocenters. The van der Waals surface area contributed by atoms with Crippen LogP contribution in [0.4, 0.5) is 15.8 Å². The number of nitrogens with zero attached hydrogens (tertiary/aromatic N) is 1. The summed E-state index contributed by atoms with van der Waals surface area (Å²) in [6, 6.07) is 6.70. The van der Waals surface area contributed by atoms with Crippen LogP contribution in [0.5, 0.6) is 0 Å². The predicted octanol–water partition coefficient (Wildman–Crippen LogP) is 4.14. The number of nitrogens with one attached hydrogen (secondary N) is 1. The van der Waals surface area contributed by atoms with Crippen LogP contribution in [0.3, 0.4) is 0 Å². The van der Waals surface area contributed by atoms with Crippen LogP contribution in [0, 0.1) is 17.7 Å². The van der Waals surface area contributed by atoms with Crippen molar-refractivity contribution >= 4 is 11.4 Å². The van der Waals surface area contributed by atoms with Crippen molar-refractivity contribution in [2.45, 2.75) is 69.9 Å². The van der Waals surface area contributed by atoms with E-state index in [1.165, 1.54) is 38.2 Å². The second kappa shape index (κ2) is 13.5. The molecule has 1 saturated carbocycles. The van der Waals surface area contributed by atoms with Crippen molar-refractivity contribution in [3.05, 3.63) is 56.1 Å². The van der Waals surface area contributed by atoms with E-state index in [4.69, 9.17) is 15.2 Å². The molecule has 0 bridgehead atoms. The minimum Gasteiger partial charge on any atom is -0.385 e. The topological polar surface area (TPSA) is 93.9 Å². The molecule has 2 fully saturated rings. The lowest BCUT2D eigenvalue weighted by molar-refractivity contribution is -0.00433. The predicted molar refractivity (Wildman–Crippen MR) is 146 cm³/mol. The molecule has 2 aromatic carbocycles. The van der Waals surface area contributed by atoms with E-state index in [0.717, 1.165) is 19.3 Å². The Hall–Kier alpha value is -2.29. The Morgan fingerprint density at radius 1 is 1.08 bits per heavy atom. The lowest BCUT2D eigenvalue weighted by Gasteiger charge is -2.39. The number of benzene rings is 1. The van der Waals surface area contributed by atoms with Gasteiger partial charge in [0.05, 0.1) is 6.10 Å². The molecule has 1 aliphatic carbocycles. The van der Waals surface area contributed by atoms with Crippen molar-refractivity contribution in [3.8, 4) is 0 Å². The fraction of sp³-hybridized carbons (Fsp3) is 0.655. The summed E-state index contributed by atoms with van der Waals surface area (Å²) in [6.45, 7) is 2.65. The van der Waals surface area contributed by atoms with Crippen LogP contribution >= 0.6 is 0 Å². The average Bonchev–Trinajstić information content (AvgIpc) is 2.93. The fourth-order valence-corrected chi connectivity index (χ4v) is 6.12. The number of nitrogens with two attached hydrogens (primary N) is 1. The van der Waals surface area contributed by atoms with Crippen LogP contribution in [0.15, 0.2) is 33.9 Å². The third kappa shape index (κ3) is 6.78. The molecule has 1 heterocycles. The Balaban J connectivity index is 1.49. The Kier molecular flexibility index (Phi) is 10.1. The maximum atomic E-state index is 14.8. The molecular formula is C29H42FN3O4. The van der Waals surface area contributed by atoms with E-state index < -0.39 is 17.0 Å². The number of hydrogen-bond donors (Lipinski definition) is 2. The SMILES string of the molecule is COCCCO[C@@H](c1ccccc1F)C1CCCN(c2c(NC(CN)CC3CCCCC3)c(=O)c2=O)C1. The maximum Gasteiger partial charge on any atom is 0.253 e. The molecule has 1 aliphatic heterocycles. The summed E-state index contributed by atoms with van der Waals surface area (Å²) in [5, 5.41) is 3.35. The van der Waals surface area contributed by atoms with E-state index in [1.54, 1.807) is 19.2 Å². The van der Waals surface area contributed by atoms with Crippen molar-refractivity contribution in [3.63, 3.8) is 0 Å². The van der Waals surface area contributed by atoms with Gasteiger partial charge in [0.15, 0.2) is 0 Å².